The van der Waals surface area contributed by atoms with Crippen molar-refractivity contribution in [3.05, 3.63) is 53.7 Å². The van der Waals surface area contributed by atoms with Crippen LogP contribution in [0.3, 0.4) is 0 Å². The molecule has 1 N–H and O–H groups in total. The molecule has 0 bridgehead atoms. The third-order valence-corrected chi connectivity index (χ3v) is 4.42. The molecule has 1 aliphatic heterocycles. The fourth-order valence-electron chi connectivity index (χ4n) is 2.68. The van der Waals surface area contributed by atoms with Gasteiger partial charge in [0.2, 0.25) is 0 Å². The molecule has 1 saturated heterocycles. The second-order valence-corrected chi connectivity index (χ2v) is 6.13. The average molecular weight is 356 g/mol. The summed E-state index contributed by atoms with van der Waals surface area (Å²) in [5.74, 6) is 1.65. The van der Waals surface area contributed by atoms with E-state index in [0.29, 0.717) is 17.4 Å². The molecular weight excluding hydrogens is 336 g/mol. The SMILES string of the molecule is COc1ccc(/C=C2\NC(=S)N(CCCn3ccnc3C)C2=O)cc1. The summed E-state index contributed by atoms with van der Waals surface area (Å²) in [4.78, 5) is 18.4. The molecule has 0 saturated carbocycles. The molecule has 1 fully saturated rings. The van der Waals surface area contributed by atoms with E-state index < -0.39 is 0 Å². The highest BCUT2D eigenvalue weighted by Gasteiger charge is 2.29. The van der Waals surface area contributed by atoms with Crippen LogP contribution in [-0.4, -0.2) is 39.1 Å². The summed E-state index contributed by atoms with van der Waals surface area (Å²) in [7, 11) is 1.62. The lowest BCUT2D eigenvalue weighted by Crippen LogP contribution is -2.32. The van der Waals surface area contributed by atoms with E-state index in [2.05, 4.69) is 14.9 Å². The fourth-order valence-corrected chi connectivity index (χ4v) is 2.96. The molecule has 6 nitrogen and oxygen atoms in total. The predicted octanol–water partition coefficient (Wildman–Crippen LogP) is 2.35. The van der Waals surface area contributed by atoms with Crippen molar-refractivity contribution in [1.29, 1.82) is 0 Å². The number of thiocarbonyl (C=S) groups is 1. The van der Waals surface area contributed by atoms with Crippen molar-refractivity contribution in [2.24, 2.45) is 0 Å². The van der Waals surface area contributed by atoms with Crippen molar-refractivity contribution in [2.45, 2.75) is 19.9 Å². The van der Waals surface area contributed by atoms with Gasteiger partial charge in [0.25, 0.3) is 5.91 Å². The second-order valence-electron chi connectivity index (χ2n) is 5.74. The molecule has 1 aromatic carbocycles. The van der Waals surface area contributed by atoms with Crippen LogP contribution in [0.25, 0.3) is 6.08 Å². The smallest absolute Gasteiger partial charge is 0.276 e. The third-order valence-electron chi connectivity index (χ3n) is 4.09. The highest BCUT2D eigenvalue weighted by Crippen LogP contribution is 2.17. The number of methoxy groups -OCH3 is 1. The first-order valence-corrected chi connectivity index (χ1v) is 8.45. The summed E-state index contributed by atoms with van der Waals surface area (Å²) < 4.78 is 7.20. The van der Waals surface area contributed by atoms with E-state index in [4.69, 9.17) is 17.0 Å². The number of imidazole rings is 1. The normalized spacial score (nSPS) is 15.8. The molecule has 3 rings (SSSR count). The molecule has 0 aliphatic carbocycles. The van der Waals surface area contributed by atoms with Crippen molar-refractivity contribution in [2.75, 3.05) is 13.7 Å². The van der Waals surface area contributed by atoms with Crippen molar-refractivity contribution in [1.82, 2.24) is 19.8 Å². The first-order chi connectivity index (χ1) is 12.1. The Labute approximate surface area is 152 Å². The number of hydrogen-bond donors (Lipinski definition) is 1. The second kappa shape index (κ2) is 7.48. The van der Waals surface area contributed by atoms with Crippen molar-refractivity contribution >= 4 is 29.3 Å². The lowest BCUT2D eigenvalue weighted by Gasteiger charge is -2.14. The number of nitrogens with zero attached hydrogens (tertiary/aromatic N) is 3. The third kappa shape index (κ3) is 3.88. The first kappa shape index (κ1) is 17.2. The number of carbonyl (C=O) groups excluding carboxylic acids is 1. The predicted molar refractivity (Wildman–Crippen MR) is 100.0 cm³/mol. The van der Waals surface area contributed by atoms with Gasteiger partial charge < -0.3 is 14.6 Å². The van der Waals surface area contributed by atoms with Crippen LogP contribution >= 0.6 is 12.2 Å². The van der Waals surface area contributed by atoms with Gasteiger partial charge in [-0.1, -0.05) is 12.1 Å². The molecule has 1 aromatic heterocycles. The Kier molecular flexibility index (Phi) is 5.14. The zero-order chi connectivity index (χ0) is 17.8. The van der Waals surface area contributed by atoms with E-state index in [1.165, 1.54) is 0 Å². The van der Waals surface area contributed by atoms with E-state index in [9.17, 15) is 4.79 Å². The van der Waals surface area contributed by atoms with Crippen LogP contribution in [0.1, 0.15) is 17.8 Å². The van der Waals surface area contributed by atoms with Crippen molar-refractivity contribution in [3.63, 3.8) is 0 Å². The summed E-state index contributed by atoms with van der Waals surface area (Å²) in [6.45, 7) is 3.33. The molecule has 2 aromatic rings. The van der Waals surface area contributed by atoms with Gasteiger partial charge >= 0.3 is 0 Å². The standard InChI is InChI=1S/C18H20N4O2S/c1-13-19-8-11-21(13)9-3-10-22-17(23)16(20-18(22)25)12-14-4-6-15(24-2)7-5-14/h4-8,11-12H,3,9-10H2,1-2H3,(H,20,25)/b16-12-. The summed E-state index contributed by atoms with van der Waals surface area (Å²) in [5, 5.41) is 3.46. The minimum Gasteiger partial charge on any atom is -0.497 e. The van der Waals surface area contributed by atoms with Gasteiger partial charge in [-0.2, -0.15) is 0 Å². The molecule has 1 aliphatic rings. The van der Waals surface area contributed by atoms with Gasteiger partial charge in [0.05, 0.1) is 7.11 Å². The van der Waals surface area contributed by atoms with Gasteiger partial charge in [-0.3, -0.25) is 9.69 Å². The van der Waals surface area contributed by atoms with Crippen LogP contribution in [0.2, 0.25) is 0 Å². The number of ether oxygens (including phenoxy) is 1. The highest BCUT2D eigenvalue weighted by atomic mass is 32.1. The molecule has 2 heterocycles. The topological polar surface area (TPSA) is 59.4 Å². The fraction of sp³-hybridized carbons (Fsp3) is 0.278. The molecular formula is C18H20N4O2S. The Morgan fingerprint density at radius 1 is 1.28 bits per heavy atom. The van der Waals surface area contributed by atoms with Gasteiger partial charge in [0.15, 0.2) is 5.11 Å². The average Bonchev–Trinajstić information content (AvgIpc) is 3.13. The number of aromatic nitrogens is 2. The number of rotatable bonds is 6. The molecule has 0 atom stereocenters. The van der Waals surface area contributed by atoms with Gasteiger partial charge in [-0.05, 0) is 49.3 Å². The van der Waals surface area contributed by atoms with Gasteiger partial charge in [0.1, 0.15) is 17.3 Å². The molecule has 25 heavy (non-hydrogen) atoms. The quantitative estimate of drug-likeness (QED) is 0.636. The van der Waals surface area contributed by atoms with Crippen LogP contribution in [0.15, 0.2) is 42.4 Å². The number of benzene rings is 1. The Morgan fingerprint density at radius 2 is 2.04 bits per heavy atom. The molecule has 0 spiro atoms. The maximum Gasteiger partial charge on any atom is 0.276 e. The van der Waals surface area contributed by atoms with E-state index in [-0.39, 0.29) is 5.91 Å². The van der Waals surface area contributed by atoms with Crippen LogP contribution in [0.5, 0.6) is 5.75 Å². The van der Waals surface area contributed by atoms with Gasteiger partial charge in [-0.15, -0.1) is 0 Å². The van der Waals surface area contributed by atoms with Crippen molar-refractivity contribution in [3.8, 4) is 5.75 Å². The van der Waals surface area contributed by atoms with Crippen molar-refractivity contribution < 1.29 is 9.53 Å². The lowest BCUT2D eigenvalue weighted by molar-refractivity contribution is -0.122. The molecule has 7 heteroatoms. The zero-order valence-electron chi connectivity index (χ0n) is 14.2. The minimum atomic E-state index is -0.0943. The highest BCUT2D eigenvalue weighted by molar-refractivity contribution is 7.80. The Balaban J connectivity index is 1.63. The Hall–Kier alpha value is -2.67. The Bertz CT molecular complexity index is 811. The van der Waals surface area contributed by atoms with Gasteiger partial charge in [-0.25, -0.2) is 4.98 Å². The molecule has 0 unspecified atom stereocenters. The van der Waals surface area contributed by atoms with Crippen LogP contribution in [0, 0.1) is 6.92 Å². The Morgan fingerprint density at radius 3 is 2.68 bits per heavy atom. The number of carbonyl (C=O) groups is 1. The van der Waals surface area contributed by atoms with Crippen LogP contribution in [0.4, 0.5) is 0 Å². The molecule has 0 radical (unpaired) electrons. The van der Waals surface area contributed by atoms with E-state index in [1.807, 2.05) is 37.4 Å². The first-order valence-electron chi connectivity index (χ1n) is 8.05. The van der Waals surface area contributed by atoms with E-state index >= 15 is 0 Å². The molecule has 130 valence electrons. The van der Waals surface area contributed by atoms with E-state index in [0.717, 1.165) is 30.1 Å². The summed E-state index contributed by atoms with van der Waals surface area (Å²) in [5.41, 5.74) is 1.41. The van der Waals surface area contributed by atoms with E-state index in [1.54, 1.807) is 24.3 Å². The monoisotopic (exact) mass is 356 g/mol. The summed E-state index contributed by atoms with van der Waals surface area (Å²) in [6.07, 6.45) is 6.32. The summed E-state index contributed by atoms with van der Waals surface area (Å²) >= 11 is 5.30. The largest absolute Gasteiger partial charge is 0.497 e. The maximum absolute atomic E-state index is 12.6. The van der Waals surface area contributed by atoms with Crippen LogP contribution < -0.4 is 10.1 Å². The number of aryl methyl sites for hydroxylation is 2. The van der Waals surface area contributed by atoms with Crippen LogP contribution in [-0.2, 0) is 11.3 Å². The minimum absolute atomic E-state index is 0.0943. The molecule has 1 amide bonds. The lowest BCUT2D eigenvalue weighted by atomic mass is 10.2. The number of amides is 1. The number of hydrogen-bond acceptors (Lipinski definition) is 4. The summed E-state index contributed by atoms with van der Waals surface area (Å²) in [6, 6.07) is 7.51. The maximum atomic E-state index is 12.6. The van der Waals surface area contributed by atoms with Gasteiger partial charge in [0, 0.05) is 25.5 Å². The number of nitrogens with one attached hydrogen (secondary N) is 1. The zero-order valence-corrected chi connectivity index (χ0v) is 15.0.